The van der Waals surface area contributed by atoms with E-state index in [1.807, 2.05) is 13.8 Å². The van der Waals surface area contributed by atoms with E-state index in [1.165, 1.54) is 24.3 Å². The lowest BCUT2D eigenvalue weighted by atomic mass is 9.94. The molecule has 5 nitrogen and oxygen atoms in total. The topological polar surface area (TPSA) is 86.6 Å². The minimum atomic E-state index is -0.852. The van der Waals surface area contributed by atoms with Gasteiger partial charge in [-0.3, -0.25) is 9.59 Å². The summed E-state index contributed by atoms with van der Waals surface area (Å²) in [4.78, 5) is 22.7. The number of phenols is 1. The van der Waals surface area contributed by atoms with Crippen LogP contribution >= 0.6 is 0 Å². The molecule has 0 radical (unpaired) electrons. The van der Waals surface area contributed by atoms with E-state index in [2.05, 4.69) is 5.32 Å². The number of hydrogen-bond acceptors (Lipinski definition) is 3. The standard InChI is InChI=1S/C15H21NO4/c1-10(2)7-11(8-14(18)19)9-16-15(20)12-3-5-13(17)6-4-12/h3-6,10-11,17H,7-9H2,1-2H3,(H,16,20)(H,18,19). The van der Waals surface area contributed by atoms with Gasteiger partial charge in [0.05, 0.1) is 0 Å². The molecule has 20 heavy (non-hydrogen) atoms. The third-order valence-corrected chi connectivity index (χ3v) is 2.95. The fourth-order valence-electron chi connectivity index (χ4n) is 2.10. The first-order chi connectivity index (χ1) is 9.38. The van der Waals surface area contributed by atoms with Gasteiger partial charge in [-0.25, -0.2) is 0 Å². The van der Waals surface area contributed by atoms with Gasteiger partial charge >= 0.3 is 5.97 Å². The third kappa shape index (κ3) is 5.73. The van der Waals surface area contributed by atoms with Crippen LogP contribution in [0, 0.1) is 11.8 Å². The molecule has 0 spiro atoms. The van der Waals surface area contributed by atoms with Crippen LogP contribution in [0.15, 0.2) is 24.3 Å². The van der Waals surface area contributed by atoms with Crippen LogP contribution in [0.5, 0.6) is 5.75 Å². The largest absolute Gasteiger partial charge is 0.508 e. The number of carboxylic acids is 1. The number of carbonyl (C=O) groups excluding carboxylic acids is 1. The van der Waals surface area contributed by atoms with Gasteiger partial charge in [-0.2, -0.15) is 0 Å². The van der Waals surface area contributed by atoms with E-state index in [0.717, 1.165) is 6.42 Å². The minimum Gasteiger partial charge on any atom is -0.508 e. The number of benzene rings is 1. The Bertz CT molecular complexity index is 453. The van der Waals surface area contributed by atoms with Gasteiger partial charge in [0.25, 0.3) is 5.91 Å². The van der Waals surface area contributed by atoms with Crippen LogP contribution in [0.1, 0.15) is 37.0 Å². The van der Waals surface area contributed by atoms with E-state index in [-0.39, 0.29) is 24.0 Å². The van der Waals surface area contributed by atoms with Crippen molar-refractivity contribution in [1.82, 2.24) is 5.32 Å². The molecule has 0 fully saturated rings. The first kappa shape index (κ1) is 16.0. The molecule has 0 saturated heterocycles. The predicted molar refractivity (Wildman–Crippen MR) is 75.6 cm³/mol. The van der Waals surface area contributed by atoms with Crippen LogP contribution in [-0.4, -0.2) is 28.6 Å². The molecule has 0 bridgehead atoms. The summed E-state index contributed by atoms with van der Waals surface area (Å²) in [5.74, 6) is -0.706. The molecule has 1 aromatic rings. The summed E-state index contributed by atoms with van der Waals surface area (Å²) >= 11 is 0. The molecule has 0 aliphatic heterocycles. The van der Waals surface area contributed by atoms with Gasteiger partial charge in [-0.05, 0) is 42.5 Å². The van der Waals surface area contributed by atoms with Crippen molar-refractivity contribution in [3.63, 3.8) is 0 Å². The Morgan fingerprint density at radius 2 is 1.80 bits per heavy atom. The van der Waals surface area contributed by atoms with Gasteiger partial charge in [0.15, 0.2) is 0 Å². The van der Waals surface area contributed by atoms with E-state index in [9.17, 15) is 9.59 Å². The summed E-state index contributed by atoms with van der Waals surface area (Å²) in [6.45, 7) is 4.39. The molecule has 0 aliphatic carbocycles. The molecule has 5 heteroatoms. The van der Waals surface area contributed by atoms with Crippen LogP contribution in [0.25, 0.3) is 0 Å². The van der Waals surface area contributed by atoms with E-state index in [1.54, 1.807) is 0 Å². The van der Waals surface area contributed by atoms with Gasteiger partial charge in [-0.1, -0.05) is 13.8 Å². The molecular weight excluding hydrogens is 258 g/mol. The summed E-state index contributed by atoms with van der Waals surface area (Å²) in [5.41, 5.74) is 0.446. The number of carbonyl (C=O) groups is 2. The zero-order valence-corrected chi connectivity index (χ0v) is 11.8. The van der Waals surface area contributed by atoms with Crippen molar-refractivity contribution in [2.45, 2.75) is 26.7 Å². The SMILES string of the molecule is CC(C)CC(CNC(=O)c1ccc(O)cc1)CC(=O)O. The average Bonchev–Trinajstić information content (AvgIpc) is 2.35. The highest BCUT2D eigenvalue weighted by Gasteiger charge is 2.16. The van der Waals surface area contributed by atoms with Crippen LogP contribution in [0.2, 0.25) is 0 Å². The fourth-order valence-corrected chi connectivity index (χ4v) is 2.10. The highest BCUT2D eigenvalue weighted by molar-refractivity contribution is 5.94. The fraction of sp³-hybridized carbons (Fsp3) is 0.467. The first-order valence-corrected chi connectivity index (χ1v) is 6.67. The molecule has 1 rings (SSSR count). The average molecular weight is 279 g/mol. The minimum absolute atomic E-state index is 0.0496. The Kier molecular flexibility index (Phi) is 6.03. The summed E-state index contributed by atoms with van der Waals surface area (Å²) in [6.07, 6.45) is 0.802. The Hall–Kier alpha value is -2.04. The quantitative estimate of drug-likeness (QED) is 0.714. The third-order valence-electron chi connectivity index (χ3n) is 2.95. The molecule has 110 valence electrons. The molecule has 1 aromatic carbocycles. The maximum Gasteiger partial charge on any atom is 0.303 e. The van der Waals surface area contributed by atoms with Gasteiger partial charge < -0.3 is 15.5 Å². The highest BCUT2D eigenvalue weighted by atomic mass is 16.4. The molecule has 1 amide bonds. The van der Waals surface area contributed by atoms with Crippen LogP contribution in [0.3, 0.4) is 0 Å². The number of aromatic hydroxyl groups is 1. The smallest absolute Gasteiger partial charge is 0.303 e. The summed E-state index contributed by atoms with van der Waals surface area (Å²) in [7, 11) is 0. The van der Waals surface area contributed by atoms with Crippen LogP contribution < -0.4 is 5.32 Å². The Balaban J connectivity index is 2.55. The van der Waals surface area contributed by atoms with E-state index >= 15 is 0 Å². The Morgan fingerprint density at radius 1 is 1.20 bits per heavy atom. The van der Waals surface area contributed by atoms with Crippen molar-refractivity contribution in [3.8, 4) is 5.75 Å². The molecule has 1 unspecified atom stereocenters. The zero-order valence-electron chi connectivity index (χ0n) is 11.8. The van der Waals surface area contributed by atoms with Crippen molar-refractivity contribution >= 4 is 11.9 Å². The number of hydrogen-bond donors (Lipinski definition) is 3. The van der Waals surface area contributed by atoms with Crippen molar-refractivity contribution in [2.24, 2.45) is 11.8 Å². The summed E-state index contributed by atoms with van der Waals surface area (Å²) in [6, 6.07) is 5.94. The molecule has 3 N–H and O–H groups in total. The second-order valence-electron chi connectivity index (χ2n) is 5.35. The Morgan fingerprint density at radius 3 is 2.30 bits per heavy atom. The first-order valence-electron chi connectivity index (χ1n) is 6.67. The van der Waals surface area contributed by atoms with Gasteiger partial charge in [0, 0.05) is 18.5 Å². The number of amides is 1. The second-order valence-corrected chi connectivity index (χ2v) is 5.35. The maximum absolute atomic E-state index is 11.9. The predicted octanol–water partition coefficient (Wildman–Crippen LogP) is 2.26. The number of rotatable bonds is 7. The maximum atomic E-state index is 11.9. The van der Waals surface area contributed by atoms with Gasteiger partial charge in [0.2, 0.25) is 0 Å². The number of phenolic OH excluding ortho intramolecular Hbond substituents is 1. The van der Waals surface area contributed by atoms with Crippen molar-refractivity contribution in [2.75, 3.05) is 6.54 Å². The van der Waals surface area contributed by atoms with E-state index < -0.39 is 5.97 Å². The van der Waals surface area contributed by atoms with Crippen molar-refractivity contribution in [1.29, 1.82) is 0 Å². The lowest BCUT2D eigenvalue weighted by molar-refractivity contribution is -0.138. The molecule has 1 atom stereocenters. The van der Waals surface area contributed by atoms with Crippen LogP contribution in [0.4, 0.5) is 0 Å². The molecule has 0 aliphatic rings. The van der Waals surface area contributed by atoms with E-state index in [0.29, 0.717) is 18.0 Å². The van der Waals surface area contributed by atoms with Gasteiger partial charge in [-0.15, -0.1) is 0 Å². The van der Waals surface area contributed by atoms with Crippen LogP contribution in [-0.2, 0) is 4.79 Å². The normalized spacial score (nSPS) is 12.2. The second kappa shape index (κ2) is 7.53. The highest BCUT2D eigenvalue weighted by Crippen LogP contribution is 2.15. The van der Waals surface area contributed by atoms with Gasteiger partial charge in [0.1, 0.15) is 5.75 Å². The summed E-state index contributed by atoms with van der Waals surface area (Å²) in [5, 5.41) is 20.8. The number of aliphatic carboxylic acids is 1. The molecule has 0 heterocycles. The summed E-state index contributed by atoms with van der Waals surface area (Å²) < 4.78 is 0. The Labute approximate surface area is 118 Å². The lowest BCUT2D eigenvalue weighted by Crippen LogP contribution is -2.31. The molecule has 0 aromatic heterocycles. The zero-order chi connectivity index (χ0) is 15.1. The van der Waals surface area contributed by atoms with Crippen molar-refractivity contribution < 1.29 is 19.8 Å². The lowest BCUT2D eigenvalue weighted by Gasteiger charge is -2.17. The monoisotopic (exact) mass is 279 g/mol. The van der Waals surface area contributed by atoms with E-state index in [4.69, 9.17) is 10.2 Å². The number of nitrogens with one attached hydrogen (secondary N) is 1. The molecule has 0 saturated carbocycles. The number of carboxylic acid groups (broad SMARTS) is 1. The molecular formula is C15H21NO4. The van der Waals surface area contributed by atoms with Crippen molar-refractivity contribution in [3.05, 3.63) is 29.8 Å².